The first-order chi connectivity index (χ1) is 15.2. The molecule has 0 radical (unpaired) electrons. The second-order valence-electron chi connectivity index (χ2n) is 11.1. The van der Waals surface area contributed by atoms with Crippen molar-refractivity contribution < 1.29 is 0 Å². The number of hydrogen-bond acceptors (Lipinski definition) is 4. The van der Waals surface area contributed by atoms with Crippen LogP contribution < -0.4 is 11.5 Å². The summed E-state index contributed by atoms with van der Waals surface area (Å²) in [5.41, 5.74) is 17.7. The van der Waals surface area contributed by atoms with Gasteiger partial charge in [-0.25, -0.2) is 9.97 Å². The van der Waals surface area contributed by atoms with Crippen molar-refractivity contribution in [2.45, 2.75) is 82.7 Å². The van der Waals surface area contributed by atoms with Gasteiger partial charge in [-0.05, 0) is 60.5 Å². The van der Waals surface area contributed by atoms with E-state index in [2.05, 4.69) is 66.2 Å². The summed E-state index contributed by atoms with van der Waals surface area (Å²) in [6, 6.07) is 9.03. The van der Waals surface area contributed by atoms with E-state index in [9.17, 15) is 0 Å². The highest BCUT2D eigenvalue weighted by atomic mass is 15.0. The van der Waals surface area contributed by atoms with Gasteiger partial charge in [0.1, 0.15) is 11.6 Å². The number of fused-ring (bicyclic) bond motifs is 3. The highest BCUT2D eigenvalue weighted by Crippen LogP contribution is 2.58. The SMILES string of the molecule is CC(C)(C)[C@H](N)c1ncc(C23CCC(c4ccc(-c5cnc(CN)[nH]5)cc4)(CC2)CC3)[nH]1. The molecule has 3 saturated carbocycles. The van der Waals surface area contributed by atoms with Crippen LogP contribution in [0.4, 0.5) is 0 Å². The highest BCUT2D eigenvalue weighted by Gasteiger charge is 2.50. The number of hydrogen-bond donors (Lipinski definition) is 4. The minimum Gasteiger partial charge on any atom is -0.344 e. The summed E-state index contributed by atoms with van der Waals surface area (Å²) < 4.78 is 0. The molecule has 1 aromatic carbocycles. The number of aromatic amines is 2. The van der Waals surface area contributed by atoms with Crippen LogP contribution in [-0.2, 0) is 17.4 Å². The standard InChI is InChI=1S/C26H36N6/c1-24(2,3)22(28)23-30-16-20(32-23)26-11-8-25(9-12-26,10-13-26)18-6-4-17(5-7-18)19-15-29-21(14-27)31-19/h4-7,15-16,22H,8-14,27-28H2,1-3H3,(H,29,31)(H,30,32)/t22-,25?,26?/m1/s1. The van der Waals surface area contributed by atoms with Crippen molar-refractivity contribution in [3.63, 3.8) is 0 Å². The highest BCUT2D eigenvalue weighted by molar-refractivity contribution is 5.59. The summed E-state index contributed by atoms with van der Waals surface area (Å²) in [5.74, 6) is 1.75. The van der Waals surface area contributed by atoms with Gasteiger partial charge in [0, 0.05) is 17.3 Å². The van der Waals surface area contributed by atoms with Crippen LogP contribution in [0.5, 0.6) is 0 Å². The fraction of sp³-hybridized carbons (Fsp3) is 0.538. The maximum absolute atomic E-state index is 6.46. The van der Waals surface area contributed by atoms with Crippen molar-refractivity contribution in [2.24, 2.45) is 16.9 Å². The Hall–Kier alpha value is -2.44. The number of nitrogens with zero attached hydrogens (tertiary/aromatic N) is 2. The summed E-state index contributed by atoms with van der Waals surface area (Å²) in [6.45, 7) is 6.94. The third kappa shape index (κ3) is 3.50. The maximum atomic E-state index is 6.46. The van der Waals surface area contributed by atoms with Gasteiger partial charge >= 0.3 is 0 Å². The zero-order chi connectivity index (χ0) is 22.6. The predicted octanol–water partition coefficient (Wildman–Crippen LogP) is 4.85. The molecule has 0 unspecified atom stereocenters. The molecule has 2 bridgehead atoms. The summed E-state index contributed by atoms with van der Waals surface area (Å²) in [6.07, 6.45) is 11.3. The molecule has 0 saturated heterocycles. The van der Waals surface area contributed by atoms with Gasteiger partial charge in [0.2, 0.25) is 0 Å². The van der Waals surface area contributed by atoms with Crippen LogP contribution >= 0.6 is 0 Å². The first kappa shape index (κ1) is 21.4. The molecule has 6 heteroatoms. The number of aromatic nitrogens is 4. The second-order valence-corrected chi connectivity index (χ2v) is 11.1. The van der Waals surface area contributed by atoms with E-state index in [-0.39, 0.29) is 16.9 Å². The number of nitrogens with one attached hydrogen (secondary N) is 2. The molecular formula is C26H36N6. The monoisotopic (exact) mass is 432 g/mol. The van der Waals surface area contributed by atoms with Gasteiger partial charge < -0.3 is 21.4 Å². The molecule has 2 heterocycles. The number of imidazole rings is 2. The third-order valence-electron chi connectivity index (χ3n) is 8.27. The predicted molar refractivity (Wildman–Crippen MR) is 128 cm³/mol. The van der Waals surface area contributed by atoms with Crippen LogP contribution in [0.25, 0.3) is 11.3 Å². The summed E-state index contributed by atoms with van der Waals surface area (Å²) in [5, 5.41) is 0. The second kappa shape index (κ2) is 7.56. The number of H-pyrrole nitrogens is 2. The molecule has 6 rings (SSSR count). The maximum Gasteiger partial charge on any atom is 0.123 e. The van der Waals surface area contributed by atoms with Crippen molar-refractivity contribution in [1.29, 1.82) is 0 Å². The number of nitrogens with two attached hydrogens (primary N) is 2. The van der Waals surface area contributed by atoms with Gasteiger partial charge in [0.15, 0.2) is 0 Å². The molecule has 170 valence electrons. The normalized spacial score (nSPS) is 26.4. The van der Waals surface area contributed by atoms with Gasteiger partial charge in [-0.3, -0.25) is 0 Å². The Bertz CT molecular complexity index is 1060. The molecule has 0 aliphatic heterocycles. The molecule has 1 atom stereocenters. The van der Waals surface area contributed by atoms with E-state index in [0.717, 1.165) is 17.3 Å². The molecule has 2 aromatic heterocycles. The van der Waals surface area contributed by atoms with E-state index in [1.807, 2.05) is 6.20 Å². The smallest absolute Gasteiger partial charge is 0.123 e. The van der Waals surface area contributed by atoms with Crippen LogP contribution in [-0.4, -0.2) is 19.9 Å². The van der Waals surface area contributed by atoms with Gasteiger partial charge in [-0.2, -0.15) is 0 Å². The van der Waals surface area contributed by atoms with Crippen molar-refractivity contribution >= 4 is 0 Å². The van der Waals surface area contributed by atoms with Crippen molar-refractivity contribution in [2.75, 3.05) is 0 Å². The lowest BCUT2D eigenvalue weighted by molar-refractivity contribution is 0.0988. The lowest BCUT2D eigenvalue weighted by Crippen LogP contribution is -2.46. The fourth-order valence-corrected chi connectivity index (χ4v) is 5.81. The quantitative estimate of drug-likeness (QED) is 0.462. The Morgan fingerprint density at radius 3 is 2.09 bits per heavy atom. The lowest BCUT2D eigenvalue weighted by atomic mass is 9.51. The average molecular weight is 433 g/mol. The van der Waals surface area contributed by atoms with Crippen LogP contribution in [0, 0.1) is 5.41 Å². The van der Waals surface area contributed by atoms with Crippen LogP contribution in [0.3, 0.4) is 0 Å². The van der Waals surface area contributed by atoms with Crippen LogP contribution in [0.2, 0.25) is 0 Å². The topological polar surface area (TPSA) is 109 Å². The van der Waals surface area contributed by atoms with Crippen LogP contribution in [0.1, 0.15) is 88.2 Å². The van der Waals surface area contributed by atoms with E-state index in [1.165, 1.54) is 55.3 Å². The largest absolute Gasteiger partial charge is 0.344 e. The van der Waals surface area contributed by atoms with Crippen molar-refractivity contribution in [1.82, 2.24) is 19.9 Å². The van der Waals surface area contributed by atoms with Crippen LogP contribution in [0.15, 0.2) is 36.7 Å². The Labute approximate surface area is 190 Å². The van der Waals surface area contributed by atoms with E-state index in [4.69, 9.17) is 16.5 Å². The molecule has 6 N–H and O–H groups in total. The molecule has 3 fully saturated rings. The first-order valence-electron chi connectivity index (χ1n) is 11.9. The summed E-state index contributed by atoms with van der Waals surface area (Å²) in [7, 11) is 0. The molecule has 0 amide bonds. The summed E-state index contributed by atoms with van der Waals surface area (Å²) in [4.78, 5) is 16.0. The van der Waals surface area contributed by atoms with E-state index in [0.29, 0.717) is 12.0 Å². The Morgan fingerprint density at radius 2 is 1.53 bits per heavy atom. The molecular weight excluding hydrogens is 396 g/mol. The van der Waals surface area contributed by atoms with E-state index < -0.39 is 0 Å². The zero-order valence-corrected chi connectivity index (χ0v) is 19.5. The third-order valence-corrected chi connectivity index (χ3v) is 8.27. The van der Waals surface area contributed by atoms with Crippen molar-refractivity contribution in [3.05, 3.63) is 59.6 Å². The molecule has 6 nitrogen and oxygen atoms in total. The Kier molecular flexibility index (Phi) is 5.06. The number of benzene rings is 1. The fourth-order valence-electron chi connectivity index (χ4n) is 5.81. The van der Waals surface area contributed by atoms with Gasteiger partial charge in [0.05, 0.1) is 24.5 Å². The number of rotatable bonds is 5. The van der Waals surface area contributed by atoms with E-state index >= 15 is 0 Å². The summed E-state index contributed by atoms with van der Waals surface area (Å²) >= 11 is 0. The van der Waals surface area contributed by atoms with Gasteiger partial charge in [-0.15, -0.1) is 0 Å². The Morgan fingerprint density at radius 1 is 0.906 bits per heavy atom. The Balaban J connectivity index is 1.32. The van der Waals surface area contributed by atoms with Crippen molar-refractivity contribution in [3.8, 4) is 11.3 Å². The average Bonchev–Trinajstić information content (AvgIpc) is 3.50. The van der Waals surface area contributed by atoms with Gasteiger partial charge in [0.25, 0.3) is 0 Å². The minimum absolute atomic E-state index is 0.00465. The molecule has 0 spiro atoms. The lowest BCUT2D eigenvalue weighted by Gasteiger charge is -2.53. The van der Waals surface area contributed by atoms with E-state index in [1.54, 1.807) is 0 Å². The minimum atomic E-state index is -0.0757. The zero-order valence-electron chi connectivity index (χ0n) is 19.5. The molecule has 3 aliphatic rings. The molecule has 32 heavy (non-hydrogen) atoms. The molecule has 3 aliphatic carbocycles. The first-order valence-corrected chi connectivity index (χ1v) is 11.9. The van der Waals surface area contributed by atoms with Gasteiger partial charge in [-0.1, -0.05) is 45.0 Å². The molecule has 3 aromatic rings.